The SMILES string of the molecule is CC(C)[C@H]1C[C@@H]2C(=O)N(Cc3cccs3)C(=O)[C@@H]2[C@@H]2C[C@@H](c3cccc(O)c3)O[C@]12O. The Labute approximate surface area is 185 Å². The molecule has 3 aliphatic rings. The van der Waals surface area contributed by atoms with Crippen molar-refractivity contribution in [3.63, 3.8) is 0 Å². The lowest BCUT2D eigenvalue weighted by atomic mass is 9.62. The molecule has 1 aliphatic carbocycles. The summed E-state index contributed by atoms with van der Waals surface area (Å²) in [7, 11) is 0. The standard InChI is InChI=1S/C24H27NO5S/c1-13(2)18-10-17-21(23(28)25(22(17)27)12-16-7-4-8-31-16)19-11-20(30-24(18,19)29)14-5-3-6-15(26)9-14/h3-9,13,17-21,26,29H,10-12H2,1-2H3/t17-,18+,19-,20-,21-,24+/m0/s1. The number of hydrogen-bond donors (Lipinski definition) is 2. The molecule has 0 radical (unpaired) electrons. The van der Waals surface area contributed by atoms with Gasteiger partial charge >= 0.3 is 0 Å². The first-order valence-electron chi connectivity index (χ1n) is 10.9. The second-order valence-corrected chi connectivity index (χ2v) is 10.4. The Bertz CT molecular complexity index is 1010. The maximum Gasteiger partial charge on any atom is 0.233 e. The lowest BCUT2D eigenvalue weighted by Gasteiger charge is -2.46. The van der Waals surface area contributed by atoms with Crippen molar-refractivity contribution >= 4 is 23.2 Å². The number of hydrogen-bond acceptors (Lipinski definition) is 6. The summed E-state index contributed by atoms with van der Waals surface area (Å²) in [6, 6.07) is 10.7. The highest BCUT2D eigenvalue weighted by Gasteiger charge is 2.67. The fourth-order valence-electron chi connectivity index (χ4n) is 5.88. The van der Waals surface area contributed by atoms with Gasteiger partial charge in [-0.15, -0.1) is 11.3 Å². The highest BCUT2D eigenvalue weighted by Crippen LogP contribution is 2.59. The van der Waals surface area contributed by atoms with E-state index in [1.807, 2.05) is 37.4 Å². The summed E-state index contributed by atoms with van der Waals surface area (Å²) in [6.07, 6.45) is 0.445. The van der Waals surface area contributed by atoms with Crippen LogP contribution in [0.4, 0.5) is 0 Å². The number of carbonyl (C=O) groups excluding carboxylic acids is 2. The van der Waals surface area contributed by atoms with Crippen LogP contribution in [0.15, 0.2) is 41.8 Å². The molecule has 6 nitrogen and oxygen atoms in total. The van der Waals surface area contributed by atoms with Gasteiger partial charge in [0.05, 0.1) is 24.5 Å². The number of nitrogens with zero attached hydrogens (tertiary/aromatic N) is 1. The number of phenols is 1. The van der Waals surface area contributed by atoms with Gasteiger partial charge in [0.25, 0.3) is 0 Å². The minimum Gasteiger partial charge on any atom is -0.508 e. The molecule has 1 aromatic carbocycles. The maximum absolute atomic E-state index is 13.4. The highest BCUT2D eigenvalue weighted by molar-refractivity contribution is 7.09. The number of likely N-dealkylation sites (tertiary alicyclic amines) is 1. The lowest BCUT2D eigenvalue weighted by molar-refractivity contribution is -0.276. The molecule has 164 valence electrons. The van der Waals surface area contributed by atoms with Crippen LogP contribution in [0.5, 0.6) is 5.75 Å². The van der Waals surface area contributed by atoms with Crippen molar-refractivity contribution in [2.24, 2.45) is 29.6 Å². The van der Waals surface area contributed by atoms with E-state index < -0.39 is 29.6 Å². The second kappa shape index (κ2) is 7.43. The molecular weight excluding hydrogens is 414 g/mol. The molecule has 7 heteroatoms. The van der Waals surface area contributed by atoms with Crippen molar-refractivity contribution in [1.82, 2.24) is 4.90 Å². The normalized spacial score (nSPS) is 35.0. The molecule has 6 atom stereocenters. The zero-order chi connectivity index (χ0) is 21.9. The third-order valence-corrected chi connectivity index (χ3v) is 8.17. The van der Waals surface area contributed by atoms with E-state index >= 15 is 0 Å². The molecule has 2 amide bonds. The molecule has 3 heterocycles. The average molecular weight is 442 g/mol. The molecule has 1 saturated carbocycles. The molecule has 5 rings (SSSR count). The van der Waals surface area contributed by atoms with Gasteiger partial charge in [-0.1, -0.05) is 32.0 Å². The van der Waals surface area contributed by atoms with Gasteiger partial charge < -0.3 is 14.9 Å². The number of imide groups is 1. The van der Waals surface area contributed by atoms with Crippen LogP contribution in [0.1, 0.15) is 43.2 Å². The van der Waals surface area contributed by atoms with Gasteiger partial charge in [0, 0.05) is 16.7 Å². The van der Waals surface area contributed by atoms with E-state index in [1.54, 1.807) is 18.2 Å². The first kappa shape index (κ1) is 20.7. The van der Waals surface area contributed by atoms with Gasteiger partial charge in [0.1, 0.15) is 5.75 Å². The van der Waals surface area contributed by atoms with Gasteiger partial charge in [-0.25, -0.2) is 0 Å². The minimum absolute atomic E-state index is 0.0885. The third kappa shape index (κ3) is 3.22. The van der Waals surface area contributed by atoms with Gasteiger partial charge in [0.2, 0.25) is 11.8 Å². The van der Waals surface area contributed by atoms with Crippen molar-refractivity contribution in [2.45, 2.75) is 45.1 Å². The molecule has 2 aromatic rings. The van der Waals surface area contributed by atoms with Crippen LogP contribution in [0, 0.1) is 29.6 Å². The average Bonchev–Trinajstić information content (AvgIpc) is 3.41. The number of fused-ring (bicyclic) bond motifs is 3. The summed E-state index contributed by atoms with van der Waals surface area (Å²) in [5, 5.41) is 23.6. The molecule has 3 fully saturated rings. The van der Waals surface area contributed by atoms with Crippen LogP contribution in [0.2, 0.25) is 0 Å². The van der Waals surface area contributed by atoms with E-state index in [1.165, 1.54) is 16.2 Å². The zero-order valence-corrected chi connectivity index (χ0v) is 18.4. The van der Waals surface area contributed by atoms with Gasteiger partial charge in [-0.05, 0) is 47.9 Å². The molecule has 2 N–H and O–H groups in total. The van der Waals surface area contributed by atoms with E-state index in [2.05, 4.69) is 0 Å². The van der Waals surface area contributed by atoms with E-state index in [0.29, 0.717) is 12.8 Å². The van der Waals surface area contributed by atoms with E-state index in [-0.39, 0.29) is 35.9 Å². The first-order chi connectivity index (χ1) is 14.8. The predicted octanol–water partition coefficient (Wildman–Crippen LogP) is 3.70. The molecule has 0 spiro atoms. The Morgan fingerprint density at radius 2 is 2.00 bits per heavy atom. The van der Waals surface area contributed by atoms with Gasteiger partial charge in [-0.3, -0.25) is 14.5 Å². The van der Waals surface area contributed by atoms with Crippen molar-refractivity contribution in [3.8, 4) is 5.75 Å². The monoisotopic (exact) mass is 441 g/mol. The first-order valence-corrected chi connectivity index (χ1v) is 11.7. The zero-order valence-electron chi connectivity index (χ0n) is 17.6. The molecule has 0 unspecified atom stereocenters. The number of benzene rings is 1. The molecule has 31 heavy (non-hydrogen) atoms. The Morgan fingerprint density at radius 1 is 1.19 bits per heavy atom. The van der Waals surface area contributed by atoms with Crippen LogP contribution in [0.25, 0.3) is 0 Å². The predicted molar refractivity (Wildman–Crippen MR) is 115 cm³/mol. The van der Waals surface area contributed by atoms with Crippen LogP contribution < -0.4 is 0 Å². The number of phenolic OH excluding ortho intramolecular Hbond substituents is 1. The fourth-order valence-corrected chi connectivity index (χ4v) is 6.57. The number of aliphatic hydroxyl groups is 1. The number of carbonyl (C=O) groups is 2. The number of aromatic hydroxyl groups is 1. The Morgan fingerprint density at radius 3 is 2.68 bits per heavy atom. The van der Waals surface area contributed by atoms with Crippen molar-refractivity contribution in [3.05, 3.63) is 52.2 Å². The maximum atomic E-state index is 13.4. The topological polar surface area (TPSA) is 87.1 Å². The van der Waals surface area contributed by atoms with Crippen LogP contribution in [-0.4, -0.2) is 32.7 Å². The van der Waals surface area contributed by atoms with Crippen molar-refractivity contribution in [2.75, 3.05) is 0 Å². The van der Waals surface area contributed by atoms with Crippen LogP contribution in [0.3, 0.4) is 0 Å². The Kier molecular flexibility index (Phi) is 4.95. The number of ether oxygens (including phenoxy) is 1. The molecule has 2 aliphatic heterocycles. The summed E-state index contributed by atoms with van der Waals surface area (Å²) in [6.45, 7) is 4.34. The Balaban J connectivity index is 1.50. The van der Waals surface area contributed by atoms with E-state index in [9.17, 15) is 19.8 Å². The molecule has 0 bridgehead atoms. The molecule has 1 aromatic heterocycles. The summed E-state index contributed by atoms with van der Waals surface area (Å²) in [5.41, 5.74) is 0.772. The highest BCUT2D eigenvalue weighted by atomic mass is 32.1. The largest absolute Gasteiger partial charge is 0.508 e. The summed E-state index contributed by atoms with van der Waals surface area (Å²) in [5.74, 6) is -3.28. The minimum atomic E-state index is -1.47. The number of rotatable bonds is 4. The van der Waals surface area contributed by atoms with Gasteiger partial charge in [-0.2, -0.15) is 0 Å². The van der Waals surface area contributed by atoms with E-state index in [0.717, 1.165) is 10.4 Å². The van der Waals surface area contributed by atoms with Crippen LogP contribution >= 0.6 is 11.3 Å². The smallest absolute Gasteiger partial charge is 0.233 e. The van der Waals surface area contributed by atoms with Gasteiger partial charge in [0.15, 0.2) is 5.79 Å². The summed E-state index contributed by atoms with van der Waals surface area (Å²) >= 11 is 1.53. The van der Waals surface area contributed by atoms with E-state index in [4.69, 9.17) is 4.74 Å². The number of amides is 2. The second-order valence-electron chi connectivity index (χ2n) is 9.36. The summed E-state index contributed by atoms with van der Waals surface area (Å²) in [4.78, 5) is 29.1. The quantitative estimate of drug-likeness (QED) is 0.707. The van der Waals surface area contributed by atoms with Crippen LogP contribution in [-0.2, 0) is 20.9 Å². The molecule has 2 saturated heterocycles. The third-order valence-electron chi connectivity index (χ3n) is 7.31. The Hall–Kier alpha value is -2.22. The lowest BCUT2D eigenvalue weighted by Crippen LogP contribution is -2.55. The van der Waals surface area contributed by atoms with Crippen molar-refractivity contribution in [1.29, 1.82) is 0 Å². The van der Waals surface area contributed by atoms with Crippen molar-refractivity contribution < 1.29 is 24.5 Å². The fraction of sp³-hybridized carbons (Fsp3) is 0.500. The molecular formula is C24H27NO5S. The number of thiophene rings is 1. The summed E-state index contributed by atoms with van der Waals surface area (Å²) < 4.78 is 6.27.